The van der Waals surface area contributed by atoms with Crippen LogP contribution in [0.4, 0.5) is 0 Å². The topological polar surface area (TPSA) is 34.2 Å². The van der Waals surface area contributed by atoms with Gasteiger partial charge in [0.25, 0.3) is 0 Å². The van der Waals surface area contributed by atoms with Crippen molar-refractivity contribution in [1.29, 1.82) is 0 Å². The number of ether oxygens (including phenoxy) is 1. The van der Waals surface area contributed by atoms with E-state index in [1.807, 2.05) is 18.5 Å². The summed E-state index contributed by atoms with van der Waals surface area (Å²) in [5, 5.41) is 3.42. The summed E-state index contributed by atoms with van der Waals surface area (Å²) in [6, 6.07) is 2.53. The van der Waals surface area contributed by atoms with E-state index >= 15 is 0 Å². The molecule has 1 heterocycles. The monoisotopic (exact) mass is 248 g/mol. The normalized spacial score (nSPS) is 16.4. The molecule has 0 aliphatic heterocycles. The van der Waals surface area contributed by atoms with E-state index in [0.717, 1.165) is 24.8 Å². The van der Waals surface area contributed by atoms with Crippen LogP contribution in [0.15, 0.2) is 18.5 Å². The van der Waals surface area contributed by atoms with Crippen LogP contribution in [-0.2, 0) is 6.54 Å². The van der Waals surface area contributed by atoms with Crippen molar-refractivity contribution >= 4 is 0 Å². The minimum atomic E-state index is 0.487. The molecule has 0 bridgehead atoms. The summed E-state index contributed by atoms with van der Waals surface area (Å²) in [7, 11) is 0. The number of aromatic nitrogens is 1. The van der Waals surface area contributed by atoms with Gasteiger partial charge in [0.1, 0.15) is 5.75 Å². The molecule has 1 fully saturated rings. The molecule has 0 aromatic carbocycles. The first-order chi connectivity index (χ1) is 8.75. The van der Waals surface area contributed by atoms with Crippen LogP contribution < -0.4 is 10.1 Å². The fraction of sp³-hybridized carbons (Fsp3) is 0.667. The minimum absolute atomic E-state index is 0.487. The lowest BCUT2D eigenvalue weighted by Crippen LogP contribution is -2.22. The fourth-order valence-corrected chi connectivity index (χ4v) is 2.38. The molecular weight excluding hydrogens is 224 g/mol. The zero-order valence-electron chi connectivity index (χ0n) is 11.5. The van der Waals surface area contributed by atoms with Gasteiger partial charge >= 0.3 is 0 Å². The highest BCUT2D eigenvalue weighted by molar-refractivity contribution is 5.29. The number of rotatable bonds is 6. The SMILES string of the molecule is CC(C)NCc1ccncc1OCC1CCCC1. The van der Waals surface area contributed by atoms with Crippen LogP contribution in [0.2, 0.25) is 0 Å². The molecular formula is C15H24N2O. The Hall–Kier alpha value is -1.09. The van der Waals surface area contributed by atoms with Gasteiger partial charge in [0.05, 0.1) is 12.8 Å². The molecule has 1 aromatic rings. The fourth-order valence-electron chi connectivity index (χ4n) is 2.38. The Morgan fingerprint density at radius 1 is 1.39 bits per heavy atom. The predicted molar refractivity (Wildman–Crippen MR) is 73.7 cm³/mol. The molecule has 2 rings (SSSR count). The van der Waals surface area contributed by atoms with Gasteiger partial charge in [-0.3, -0.25) is 4.98 Å². The largest absolute Gasteiger partial charge is 0.491 e. The van der Waals surface area contributed by atoms with Gasteiger partial charge in [-0.2, -0.15) is 0 Å². The van der Waals surface area contributed by atoms with E-state index in [2.05, 4.69) is 24.1 Å². The maximum Gasteiger partial charge on any atom is 0.142 e. The maximum absolute atomic E-state index is 5.95. The molecule has 1 aliphatic rings. The molecule has 3 nitrogen and oxygen atoms in total. The Kier molecular flexibility index (Phi) is 5.00. The molecule has 0 atom stereocenters. The van der Waals surface area contributed by atoms with Crippen molar-refractivity contribution in [2.45, 2.75) is 52.1 Å². The third-order valence-electron chi connectivity index (χ3n) is 3.52. The van der Waals surface area contributed by atoms with E-state index in [0.29, 0.717) is 6.04 Å². The van der Waals surface area contributed by atoms with Crippen LogP contribution in [-0.4, -0.2) is 17.6 Å². The van der Waals surface area contributed by atoms with Crippen LogP contribution >= 0.6 is 0 Å². The summed E-state index contributed by atoms with van der Waals surface area (Å²) in [4.78, 5) is 4.16. The summed E-state index contributed by atoms with van der Waals surface area (Å²) in [5.41, 5.74) is 1.21. The molecule has 0 radical (unpaired) electrons. The average molecular weight is 248 g/mol. The molecule has 1 aliphatic carbocycles. The molecule has 0 saturated heterocycles. The number of hydrogen-bond acceptors (Lipinski definition) is 3. The zero-order valence-corrected chi connectivity index (χ0v) is 11.5. The van der Waals surface area contributed by atoms with Crippen molar-refractivity contribution < 1.29 is 4.74 Å². The van der Waals surface area contributed by atoms with Gasteiger partial charge < -0.3 is 10.1 Å². The van der Waals surface area contributed by atoms with E-state index < -0.39 is 0 Å². The number of pyridine rings is 1. The second-order valence-corrected chi connectivity index (χ2v) is 5.48. The quantitative estimate of drug-likeness (QED) is 0.839. The van der Waals surface area contributed by atoms with Crippen LogP contribution in [0, 0.1) is 5.92 Å². The van der Waals surface area contributed by atoms with Gasteiger partial charge in [-0.15, -0.1) is 0 Å². The van der Waals surface area contributed by atoms with Crippen molar-refractivity contribution in [1.82, 2.24) is 10.3 Å². The third-order valence-corrected chi connectivity index (χ3v) is 3.52. The van der Waals surface area contributed by atoms with Gasteiger partial charge in [0, 0.05) is 24.3 Å². The molecule has 100 valence electrons. The average Bonchev–Trinajstić information content (AvgIpc) is 2.88. The highest BCUT2D eigenvalue weighted by Crippen LogP contribution is 2.26. The van der Waals surface area contributed by atoms with Crippen molar-refractivity contribution in [3.8, 4) is 5.75 Å². The zero-order chi connectivity index (χ0) is 12.8. The summed E-state index contributed by atoms with van der Waals surface area (Å²) in [5.74, 6) is 1.69. The molecule has 0 amide bonds. The predicted octanol–water partition coefficient (Wildman–Crippen LogP) is 3.15. The van der Waals surface area contributed by atoms with Crippen LogP contribution in [0.25, 0.3) is 0 Å². The first-order valence-electron chi connectivity index (χ1n) is 7.05. The highest BCUT2D eigenvalue weighted by atomic mass is 16.5. The van der Waals surface area contributed by atoms with E-state index in [1.54, 1.807) is 0 Å². The van der Waals surface area contributed by atoms with E-state index in [4.69, 9.17) is 4.74 Å². The van der Waals surface area contributed by atoms with Gasteiger partial charge in [-0.1, -0.05) is 26.7 Å². The third kappa shape index (κ3) is 3.98. The summed E-state index contributed by atoms with van der Waals surface area (Å²) in [6.45, 7) is 6.00. The van der Waals surface area contributed by atoms with E-state index in [1.165, 1.54) is 31.2 Å². The number of hydrogen-bond donors (Lipinski definition) is 1. The van der Waals surface area contributed by atoms with E-state index in [-0.39, 0.29) is 0 Å². The van der Waals surface area contributed by atoms with Crippen molar-refractivity contribution in [2.24, 2.45) is 5.92 Å². The summed E-state index contributed by atoms with van der Waals surface area (Å²) in [6.07, 6.45) is 9.04. The van der Waals surface area contributed by atoms with Gasteiger partial charge in [-0.25, -0.2) is 0 Å². The first kappa shape index (κ1) is 13.3. The minimum Gasteiger partial charge on any atom is -0.491 e. The Morgan fingerprint density at radius 2 is 2.17 bits per heavy atom. The lowest BCUT2D eigenvalue weighted by molar-refractivity contribution is 0.248. The highest BCUT2D eigenvalue weighted by Gasteiger charge is 2.16. The molecule has 18 heavy (non-hydrogen) atoms. The van der Waals surface area contributed by atoms with Gasteiger partial charge in [0.15, 0.2) is 0 Å². The lowest BCUT2D eigenvalue weighted by Gasteiger charge is -2.15. The molecule has 1 N–H and O–H groups in total. The molecule has 1 saturated carbocycles. The lowest BCUT2D eigenvalue weighted by atomic mass is 10.1. The molecule has 1 aromatic heterocycles. The molecule has 0 unspecified atom stereocenters. The van der Waals surface area contributed by atoms with Gasteiger partial charge in [0.2, 0.25) is 0 Å². The second kappa shape index (κ2) is 6.74. The van der Waals surface area contributed by atoms with Crippen molar-refractivity contribution in [3.05, 3.63) is 24.0 Å². The van der Waals surface area contributed by atoms with Crippen molar-refractivity contribution in [2.75, 3.05) is 6.61 Å². The maximum atomic E-state index is 5.95. The van der Waals surface area contributed by atoms with Crippen LogP contribution in [0.3, 0.4) is 0 Å². The Morgan fingerprint density at radius 3 is 2.89 bits per heavy atom. The first-order valence-corrected chi connectivity index (χ1v) is 7.05. The van der Waals surface area contributed by atoms with Gasteiger partial charge in [-0.05, 0) is 24.8 Å². The Bertz CT molecular complexity index is 359. The number of nitrogens with one attached hydrogen (secondary N) is 1. The van der Waals surface area contributed by atoms with Crippen molar-refractivity contribution in [3.63, 3.8) is 0 Å². The smallest absolute Gasteiger partial charge is 0.142 e. The number of nitrogens with zero attached hydrogens (tertiary/aromatic N) is 1. The van der Waals surface area contributed by atoms with Crippen LogP contribution in [0.5, 0.6) is 5.75 Å². The standard InChI is InChI=1S/C15H24N2O/c1-12(2)17-9-14-7-8-16-10-15(14)18-11-13-5-3-4-6-13/h7-8,10,12-13,17H,3-6,9,11H2,1-2H3. The molecule has 3 heteroatoms. The van der Waals surface area contributed by atoms with E-state index in [9.17, 15) is 0 Å². The molecule has 0 spiro atoms. The summed E-state index contributed by atoms with van der Waals surface area (Å²) >= 11 is 0. The summed E-state index contributed by atoms with van der Waals surface area (Å²) < 4.78 is 5.95. The Labute approximate surface area is 110 Å². The Balaban J connectivity index is 1.89. The second-order valence-electron chi connectivity index (χ2n) is 5.48. The van der Waals surface area contributed by atoms with Crippen LogP contribution in [0.1, 0.15) is 45.1 Å².